The van der Waals surface area contributed by atoms with Crippen molar-refractivity contribution in [1.82, 2.24) is 5.43 Å². The number of halogens is 1. The third-order valence-corrected chi connectivity index (χ3v) is 3.92. The Morgan fingerprint density at radius 2 is 2.00 bits per heavy atom. The summed E-state index contributed by atoms with van der Waals surface area (Å²) >= 11 is 7.31. The number of hydrogen-bond donors (Lipinski definition) is 1. The van der Waals surface area contributed by atoms with Gasteiger partial charge in [-0.2, -0.15) is 5.10 Å². The molecule has 0 saturated carbocycles. The summed E-state index contributed by atoms with van der Waals surface area (Å²) in [5.41, 5.74) is 2.35. The molecular weight excluding hydrogens is 336 g/mol. The van der Waals surface area contributed by atoms with Gasteiger partial charge >= 0.3 is 5.91 Å². The second-order valence-electron chi connectivity index (χ2n) is 4.39. The van der Waals surface area contributed by atoms with Crippen molar-refractivity contribution in [1.29, 1.82) is 0 Å². The van der Waals surface area contributed by atoms with Gasteiger partial charge in [-0.3, -0.25) is 4.79 Å². The summed E-state index contributed by atoms with van der Waals surface area (Å²) in [7, 11) is 0. The van der Waals surface area contributed by atoms with E-state index in [4.69, 9.17) is 20.4 Å². The van der Waals surface area contributed by atoms with Crippen molar-refractivity contribution in [2.75, 3.05) is 0 Å². The molecule has 0 aliphatic rings. The second-order valence-corrected chi connectivity index (χ2v) is 5.90. The Hall–Kier alpha value is -2.44. The van der Waals surface area contributed by atoms with Crippen LogP contribution in [0.15, 0.2) is 78.7 Å². The lowest BCUT2D eigenvalue weighted by Crippen LogP contribution is -2.16. The molecule has 2 aromatic heterocycles. The van der Waals surface area contributed by atoms with Crippen LogP contribution in [0.5, 0.6) is 0 Å². The zero-order chi connectivity index (χ0) is 16.1. The van der Waals surface area contributed by atoms with Crippen molar-refractivity contribution in [2.45, 2.75) is 9.99 Å². The van der Waals surface area contributed by atoms with Crippen LogP contribution in [0.3, 0.4) is 0 Å². The molecule has 0 saturated heterocycles. The van der Waals surface area contributed by atoms with Crippen LogP contribution in [0.1, 0.15) is 16.3 Å². The Bertz CT molecular complexity index is 810. The third-order valence-electron chi connectivity index (χ3n) is 2.74. The van der Waals surface area contributed by atoms with Gasteiger partial charge in [-0.05, 0) is 48.5 Å². The van der Waals surface area contributed by atoms with Gasteiger partial charge in [0, 0.05) is 9.92 Å². The van der Waals surface area contributed by atoms with E-state index in [-0.39, 0.29) is 5.76 Å². The molecule has 0 aliphatic carbocycles. The van der Waals surface area contributed by atoms with E-state index in [1.54, 1.807) is 18.2 Å². The van der Waals surface area contributed by atoms with Gasteiger partial charge in [0.15, 0.2) is 10.9 Å². The molecule has 0 atom stereocenters. The molecule has 0 unspecified atom stereocenters. The van der Waals surface area contributed by atoms with Gasteiger partial charge in [-0.1, -0.05) is 23.4 Å². The highest BCUT2D eigenvalue weighted by atomic mass is 35.5. The number of nitrogens with one attached hydrogen (secondary N) is 1. The maximum absolute atomic E-state index is 11.6. The number of rotatable bonds is 5. The van der Waals surface area contributed by atoms with Gasteiger partial charge in [0.25, 0.3) is 0 Å². The lowest BCUT2D eigenvalue weighted by Gasteiger charge is -1.97. The molecule has 0 fully saturated rings. The Kier molecular flexibility index (Phi) is 4.85. The lowest BCUT2D eigenvalue weighted by molar-refractivity contribution is 0.0927. The highest BCUT2D eigenvalue weighted by Gasteiger charge is 2.06. The zero-order valence-electron chi connectivity index (χ0n) is 11.7. The van der Waals surface area contributed by atoms with Gasteiger partial charge in [-0.15, -0.1) is 0 Å². The third kappa shape index (κ3) is 4.28. The largest absolute Gasteiger partial charge is 0.459 e. The van der Waals surface area contributed by atoms with Crippen LogP contribution in [0.2, 0.25) is 5.02 Å². The SMILES string of the molecule is O=C(N/N=C/c1ccc(Sc2ccc(Cl)cc2)o1)c1ccco1. The van der Waals surface area contributed by atoms with E-state index in [1.807, 2.05) is 30.3 Å². The minimum atomic E-state index is -0.423. The Labute approximate surface area is 141 Å². The lowest BCUT2D eigenvalue weighted by atomic mass is 10.4. The van der Waals surface area contributed by atoms with Crippen LogP contribution in [-0.2, 0) is 0 Å². The molecule has 1 N–H and O–H groups in total. The molecule has 0 aliphatic heterocycles. The molecule has 5 nitrogen and oxygen atoms in total. The summed E-state index contributed by atoms with van der Waals surface area (Å²) in [6, 6.07) is 14.2. The van der Waals surface area contributed by atoms with Crippen LogP contribution >= 0.6 is 23.4 Å². The summed E-state index contributed by atoms with van der Waals surface area (Å²) in [4.78, 5) is 12.6. The molecule has 23 heavy (non-hydrogen) atoms. The molecule has 1 aromatic carbocycles. The molecule has 7 heteroatoms. The smallest absolute Gasteiger partial charge is 0.307 e. The number of nitrogens with zero attached hydrogens (tertiary/aromatic N) is 1. The number of hydrogen-bond acceptors (Lipinski definition) is 5. The van der Waals surface area contributed by atoms with Gasteiger partial charge < -0.3 is 8.83 Å². The summed E-state index contributed by atoms with van der Waals surface area (Å²) in [5.74, 6) is 0.301. The highest BCUT2D eigenvalue weighted by molar-refractivity contribution is 7.99. The number of furan rings is 2. The number of hydrazone groups is 1. The second kappa shape index (κ2) is 7.21. The number of amides is 1. The fraction of sp³-hybridized carbons (Fsp3) is 0. The van der Waals surface area contributed by atoms with Crippen molar-refractivity contribution in [3.63, 3.8) is 0 Å². The van der Waals surface area contributed by atoms with E-state index in [0.29, 0.717) is 15.9 Å². The average Bonchev–Trinajstić information content (AvgIpc) is 3.21. The summed E-state index contributed by atoms with van der Waals surface area (Å²) in [6.07, 6.45) is 2.85. The van der Waals surface area contributed by atoms with Crippen LogP contribution in [-0.4, -0.2) is 12.1 Å². The number of benzene rings is 1. The van der Waals surface area contributed by atoms with Crippen molar-refractivity contribution in [3.05, 3.63) is 71.3 Å². The van der Waals surface area contributed by atoms with Crippen LogP contribution in [0, 0.1) is 0 Å². The first-order valence-corrected chi connectivity index (χ1v) is 7.80. The first kappa shape index (κ1) is 15.5. The van der Waals surface area contributed by atoms with Gasteiger partial charge in [0.05, 0.1) is 12.5 Å². The Morgan fingerprint density at radius 3 is 2.74 bits per heavy atom. The van der Waals surface area contributed by atoms with E-state index in [2.05, 4.69) is 10.5 Å². The molecule has 0 bridgehead atoms. The van der Waals surface area contributed by atoms with E-state index in [9.17, 15) is 4.79 Å². The molecule has 0 spiro atoms. The number of carbonyl (C=O) groups excluding carboxylic acids is 1. The van der Waals surface area contributed by atoms with Gasteiger partial charge in [-0.25, -0.2) is 5.43 Å². The number of carbonyl (C=O) groups is 1. The van der Waals surface area contributed by atoms with Gasteiger partial charge in [0.2, 0.25) is 0 Å². The predicted molar refractivity (Wildman–Crippen MR) is 88.1 cm³/mol. The topological polar surface area (TPSA) is 67.7 Å². The standard InChI is InChI=1S/C16H11ClN2O3S/c17-11-3-6-13(7-4-11)23-15-8-5-12(22-15)10-18-19-16(20)14-2-1-9-21-14/h1-10H,(H,19,20)/b18-10+. The molecule has 2 heterocycles. The molecule has 116 valence electrons. The minimum Gasteiger partial charge on any atom is -0.459 e. The monoisotopic (exact) mass is 346 g/mol. The fourth-order valence-corrected chi connectivity index (χ4v) is 2.60. The molecule has 3 rings (SSSR count). The van der Waals surface area contributed by atoms with Crippen LogP contribution < -0.4 is 5.43 Å². The summed E-state index contributed by atoms with van der Waals surface area (Å²) in [6.45, 7) is 0. The quantitative estimate of drug-likeness (QED) is 0.547. The fourth-order valence-electron chi connectivity index (χ4n) is 1.69. The maximum Gasteiger partial charge on any atom is 0.307 e. The first-order valence-electron chi connectivity index (χ1n) is 6.61. The minimum absolute atomic E-state index is 0.195. The maximum atomic E-state index is 11.6. The van der Waals surface area contributed by atoms with Crippen molar-refractivity contribution in [3.8, 4) is 0 Å². The Morgan fingerprint density at radius 1 is 1.17 bits per heavy atom. The molecule has 1 amide bonds. The molecule has 3 aromatic rings. The summed E-state index contributed by atoms with van der Waals surface area (Å²) < 4.78 is 10.6. The van der Waals surface area contributed by atoms with Crippen molar-refractivity contribution in [2.24, 2.45) is 5.10 Å². The van der Waals surface area contributed by atoms with E-state index in [1.165, 1.54) is 24.2 Å². The highest BCUT2D eigenvalue weighted by Crippen LogP contribution is 2.29. The van der Waals surface area contributed by atoms with E-state index in [0.717, 1.165) is 4.90 Å². The van der Waals surface area contributed by atoms with Crippen molar-refractivity contribution < 1.29 is 13.6 Å². The van der Waals surface area contributed by atoms with Crippen molar-refractivity contribution >= 4 is 35.5 Å². The summed E-state index contributed by atoms with van der Waals surface area (Å²) in [5, 5.41) is 5.23. The Balaban J connectivity index is 1.57. The van der Waals surface area contributed by atoms with Crippen LogP contribution in [0.4, 0.5) is 0 Å². The predicted octanol–water partition coefficient (Wildman–Crippen LogP) is 4.44. The van der Waals surface area contributed by atoms with Crippen LogP contribution in [0.25, 0.3) is 0 Å². The normalized spacial score (nSPS) is 11.0. The van der Waals surface area contributed by atoms with E-state index < -0.39 is 5.91 Å². The zero-order valence-corrected chi connectivity index (χ0v) is 13.3. The average molecular weight is 347 g/mol. The van der Waals surface area contributed by atoms with E-state index >= 15 is 0 Å². The molecular formula is C16H11ClN2O3S. The molecule has 0 radical (unpaired) electrons. The first-order chi connectivity index (χ1) is 11.2. The van der Waals surface area contributed by atoms with Gasteiger partial charge in [0.1, 0.15) is 5.76 Å².